The third kappa shape index (κ3) is 4.88. The molecule has 0 bridgehead atoms. The summed E-state index contributed by atoms with van der Waals surface area (Å²) < 4.78 is 10.9. The molecule has 1 aliphatic heterocycles. The SMILES string of the molecule is O=C1CC(O)C=C1CCCCCCCC1(CO)OCCO1. The summed E-state index contributed by atoms with van der Waals surface area (Å²) in [6, 6.07) is 0. The standard InChI is InChI=1S/C16H26O5/c17-12-16(20-8-9-21-16)7-5-3-1-2-4-6-13-10-14(18)11-15(13)19/h10,14,17-18H,1-9,11-12H2. The Labute approximate surface area is 125 Å². The first kappa shape index (κ1) is 16.6. The maximum atomic E-state index is 11.5. The largest absolute Gasteiger partial charge is 0.391 e. The maximum absolute atomic E-state index is 11.5. The molecular formula is C16H26O5. The molecule has 21 heavy (non-hydrogen) atoms. The number of hydrogen-bond acceptors (Lipinski definition) is 5. The van der Waals surface area contributed by atoms with Gasteiger partial charge in [0.15, 0.2) is 11.6 Å². The Balaban J connectivity index is 1.51. The minimum atomic E-state index is -0.753. The highest BCUT2D eigenvalue weighted by atomic mass is 16.7. The molecule has 1 unspecified atom stereocenters. The molecule has 1 saturated heterocycles. The molecule has 1 atom stereocenters. The van der Waals surface area contributed by atoms with Gasteiger partial charge >= 0.3 is 0 Å². The van der Waals surface area contributed by atoms with Gasteiger partial charge in [-0.25, -0.2) is 0 Å². The van der Waals surface area contributed by atoms with E-state index in [0.717, 1.165) is 50.5 Å². The third-order valence-electron chi connectivity index (χ3n) is 4.20. The molecule has 5 nitrogen and oxygen atoms in total. The highest BCUT2D eigenvalue weighted by Gasteiger charge is 2.34. The first-order valence-electron chi connectivity index (χ1n) is 7.96. The molecule has 1 aliphatic carbocycles. The van der Waals surface area contributed by atoms with Gasteiger partial charge in [-0.1, -0.05) is 19.3 Å². The van der Waals surface area contributed by atoms with Crippen LogP contribution in [0.5, 0.6) is 0 Å². The molecule has 2 aliphatic rings. The molecule has 120 valence electrons. The Kier molecular flexibility index (Phi) is 6.36. The number of rotatable bonds is 9. The Morgan fingerprint density at radius 1 is 1.14 bits per heavy atom. The van der Waals surface area contributed by atoms with Gasteiger partial charge in [0.2, 0.25) is 0 Å². The number of allylic oxidation sites excluding steroid dienone is 1. The molecular weight excluding hydrogens is 272 g/mol. The van der Waals surface area contributed by atoms with Crippen molar-refractivity contribution in [3.8, 4) is 0 Å². The first-order chi connectivity index (χ1) is 10.2. The molecule has 0 amide bonds. The highest BCUT2D eigenvalue weighted by Crippen LogP contribution is 2.26. The zero-order valence-electron chi connectivity index (χ0n) is 12.6. The Morgan fingerprint density at radius 3 is 2.43 bits per heavy atom. The van der Waals surface area contributed by atoms with E-state index in [1.807, 2.05) is 0 Å². The van der Waals surface area contributed by atoms with Crippen LogP contribution in [0.3, 0.4) is 0 Å². The fourth-order valence-electron chi connectivity index (χ4n) is 2.98. The average molecular weight is 298 g/mol. The van der Waals surface area contributed by atoms with E-state index < -0.39 is 11.9 Å². The van der Waals surface area contributed by atoms with E-state index in [1.165, 1.54) is 0 Å². The van der Waals surface area contributed by atoms with Crippen molar-refractivity contribution in [3.63, 3.8) is 0 Å². The smallest absolute Gasteiger partial charge is 0.191 e. The Hall–Kier alpha value is -0.750. The molecule has 1 heterocycles. The van der Waals surface area contributed by atoms with Crippen LogP contribution >= 0.6 is 0 Å². The minimum absolute atomic E-state index is 0.0778. The minimum Gasteiger partial charge on any atom is -0.391 e. The van der Waals surface area contributed by atoms with E-state index in [1.54, 1.807) is 6.08 Å². The van der Waals surface area contributed by atoms with Gasteiger partial charge in [0, 0.05) is 12.8 Å². The van der Waals surface area contributed by atoms with Gasteiger partial charge in [-0.05, 0) is 30.9 Å². The van der Waals surface area contributed by atoms with Crippen molar-refractivity contribution in [1.29, 1.82) is 0 Å². The van der Waals surface area contributed by atoms with E-state index in [2.05, 4.69) is 0 Å². The zero-order valence-corrected chi connectivity index (χ0v) is 12.6. The molecule has 0 aromatic heterocycles. The van der Waals surface area contributed by atoms with Gasteiger partial charge in [0.25, 0.3) is 0 Å². The van der Waals surface area contributed by atoms with Gasteiger partial charge in [-0.15, -0.1) is 0 Å². The van der Waals surface area contributed by atoms with Gasteiger partial charge in [0.1, 0.15) is 0 Å². The lowest BCUT2D eigenvalue weighted by Gasteiger charge is -2.24. The van der Waals surface area contributed by atoms with Gasteiger partial charge in [-0.2, -0.15) is 0 Å². The summed E-state index contributed by atoms with van der Waals surface area (Å²) in [5.41, 5.74) is 0.800. The predicted molar refractivity (Wildman–Crippen MR) is 77.8 cm³/mol. The lowest BCUT2D eigenvalue weighted by Crippen LogP contribution is -2.34. The molecule has 0 aromatic carbocycles. The number of ketones is 1. The fourth-order valence-corrected chi connectivity index (χ4v) is 2.98. The number of Topliss-reactive ketones (excluding diaryl/α,β-unsaturated/α-hetero) is 1. The van der Waals surface area contributed by atoms with E-state index in [-0.39, 0.29) is 18.8 Å². The monoisotopic (exact) mass is 298 g/mol. The van der Waals surface area contributed by atoms with Crippen LogP contribution in [0.25, 0.3) is 0 Å². The van der Waals surface area contributed by atoms with Crippen molar-refractivity contribution in [2.75, 3.05) is 19.8 Å². The van der Waals surface area contributed by atoms with Gasteiger partial charge < -0.3 is 19.7 Å². The second-order valence-electron chi connectivity index (χ2n) is 5.92. The molecule has 0 aromatic rings. The van der Waals surface area contributed by atoms with E-state index >= 15 is 0 Å². The van der Waals surface area contributed by atoms with Crippen molar-refractivity contribution in [2.45, 2.75) is 63.3 Å². The lowest BCUT2D eigenvalue weighted by molar-refractivity contribution is -0.187. The van der Waals surface area contributed by atoms with Crippen LogP contribution in [0.2, 0.25) is 0 Å². The Bertz CT molecular complexity index is 371. The third-order valence-corrected chi connectivity index (χ3v) is 4.20. The quantitative estimate of drug-likeness (QED) is 0.634. The zero-order chi connectivity index (χ0) is 15.1. The molecule has 0 saturated carbocycles. The summed E-state index contributed by atoms with van der Waals surface area (Å²) in [6.45, 7) is 1.05. The van der Waals surface area contributed by atoms with Crippen LogP contribution in [0.15, 0.2) is 11.6 Å². The first-order valence-corrected chi connectivity index (χ1v) is 7.96. The molecule has 0 spiro atoms. The summed E-state index contributed by atoms with van der Waals surface area (Å²) >= 11 is 0. The number of hydrogen-bond donors (Lipinski definition) is 2. The van der Waals surface area contributed by atoms with Gasteiger partial charge in [0.05, 0.1) is 25.9 Å². The van der Waals surface area contributed by atoms with Crippen LogP contribution in [0.1, 0.15) is 51.4 Å². The van der Waals surface area contributed by atoms with Crippen molar-refractivity contribution < 1.29 is 24.5 Å². The summed E-state index contributed by atoms with van der Waals surface area (Å²) in [7, 11) is 0. The second-order valence-corrected chi connectivity index (χ2v) is 5.92. The predicted octanol–water partition coefficient (Wildman–Crippen LogP) is 1.71. The summed E-state index contributed by atoms with van der Waals surface area (Å²) in [5, 5.41) is 18.7. The normalized spacial score (nSPS) is 24.6. The van der Waals surface area contributed by atoms with E-state index in [0.29, 0.717) is 13.2 Å². The van der Waals surface area contributed by atoms with Crippen LogP contribution in [0, 0.1) is 0 Å². The van der Waals surface area contributed by atoms with Crippen LogP contribution in [-0.2, 0) is 14.3 Å². The molecule has 2 N–H and O–H groups in total. The summed E-state index contributed by atoms with van der Waals surface area (Å²) in [5.74, 6) is -0.653. The number of aliphatic hydroxyl groups is 2. The molecule has 0 radical (unpaired) electrons. The lowest BCUT2D eigenvalue weighted by atomic mass is 10.0. The topological polar surface area (TPSA) is 76.0 Å². The van der Waals surface area contributed by atoms with Crippen molar-refractivity contribution in [2.24, 2.45) is 0 Å². The van der Waals surface area contributed by atoms with E-state index in [9.17, 15) is 15.0 Å². The maximum Gasteiger partial charge on any atom is 0.191 e. The number of unbranched alkanes of at least 4 members (excludes halogenated alkanes) is 4. The Morgan fingerprint density at radius 2 is 1.81 bits per heavy atom. The summed E-state index contributed by atoms with van der Waals surface area (Å²) in [6.07, 6.45) is 8.13. The molecule has 5 heteroatoms. The fraction of sp³-hybridized carbons (Fsp3) is 0.812. The van der Waals surface area contributed by atoms with Crippen molar-refractivity contribution in [1.82, 2.24) is 0 Å². The summed E-state index contributed by atoms with van der Waals surface area (Å²) in [4.78, 5) is 11.5. The van der Waals surface area contributed by atoms with Crippen LogP contribution < -0.4 is 0 Å². The molecule has 2 rings (SSSR count). The average Bonchev–Trinajstić information content (AvgIpc) is 3.05. The van der Waals surface area contributed by atoms with E-state index in [4.69, 9.17) is 9.47 Å². The second kappa shape index (κ2) is 8.03. The molecule has 1 fully saturated rings. The number of ether oxygens (including phenoxy) is 2. The van der Waals surface area contributed by atoms with Crippen molar-refractivity contribution in [3.05, 3.63) is 11.6 Å². The number of aliphatic hydroxyl groups excluding tert-OH is 2. The van der Waals surface area contributed by atoms with Crippen molar-refractivity contribution >= 4 is 5.78 Å². The van der Waals surface area contributed by atoms with Gasteiger partial charge in [-0.3, -0.25) is 4.79 Å². The number of carbonyl (C=O) groups excluding carboxylic acids is 1. The highest BCUT2D eigenvalue weighted by molar-refractivity contribution is 5.98. The van der Waals surface area contributed by atoms with Crippen LogP contribution in [0.4, 0.5) is 0 Å². The van der Waals surface area contributed by atoms with Crippen LogP contribution in [-0.4, -0.2) is 47.7 Å². The number of carbonyl (C=O) groups is 1.